The van der Waals surface area contributed by atoms with E-state index in [1.165, 1.54) is 16.9 Å². The first kappa shape index (κ1) is 12.6. The van der Waals surface area contributed by atoms with E-state index >= 15 is 0 Å². The van der Waals surface area contributed by atoms with Crippen molar-refractivity contribution in [1.29, 1.82) is 0 Å². The molecule has 0 aliphatic rings. The summed E-state index contributed by atoms with van der Waals surface area (Å²) in [5, 5.41) is 12.9. The van der Waals surface area contributed by atoms with Crippen LogP contribution in [0.1, 0.15) is 21.6 Å². The fourth-order valence-electron chi connectivity index (χ4n) is 1.65. The van der Waals surface area contributed by atoms with Gasteiger partial charge in [0, 0.05) is 5.56 Å². The Kier molecular flexibility index (Phi) is 3.34. The zero-order valence-electron chi connectivity index (χ0n) is 9.52. The molecule has 1 aromatic carbocycles. The standard InChI is InChI=1S/C12H10ClFN2O2/c1-7-9(12(17)18)5-15-16(7)6-8-3-2-4-10(13)11(8)14/h2-5H,6H2,1H3,(H,17,18). The minimum absolute atomic E-state index is 0.0377. The number of halogens is 2. The lowest BCUT2D eigenvalue weighted by Gasteiger charge is -2.07. The van der Waals surface area contributed by atoms with Crippen LogP contribution in [0.5, 0.6) is 0 Å². The number of carbonyl (C=O) groups is 1. The molecule has 0 amide bonds. The number of aromatic nitrogens is 2. The number of nitrogens with zero attached hydrogens (tertiary/aromatic N) is 2. The lowest BCUT2D eigenvalue weighted by atomic mass is 10.2. The molecule has 1 N–H and O–H groups in total. The highest BCUT2D eigenvalue weighted by Crippen LogP contribution is 2.19. The highest BCUT2D eigenvalue weighted by atomic mass is 35.5. The van der Waals surface area contributed by atoms with Gasteiger partial charge in [0.05, 0.1) is 23.5 Å². The molecule has 0 fully saturated rings. The Hall–Kier alpha value is -1.88. The molecule has 2 aromatic rings. The highest BCUT2D eigenvalue weighted by molar-refractivity contribution is 6.30. The van der Waals surface area contributed by atoms with Crippen LogP contribution < -0.4 is 0 Å². The molecule has 0 unspecified atom stereocenters. The maximum atomic E-state index is 13.7. The Morgan fingerprint density at radius 1 is 1.56 bits per heavy atom. The number of aromatic carboxylic acids is 1. The van der Waals surface area contributed by atoms with Gasteiger partial charge in [0.1, 0.15) is 11.4 Å². The molecule has 4 nitrogen and oxygen atoms in total. The third-order valence-corrected chi connectivity index (χ3v) is 2.98. The van der Waals surface area contributed by atoms with Gasteiger partial charge in [-0.25, -0.2) is 9.18 Å². The molecule has 0 atom stereocenters. The summed E-state index contributed by atoms with van der Waals surface area (Å²) in [5.41, 5.74) is 0.949. The first-order valence-electron chi connectivity index (χ1n) is 5.19. The average molecular weight is 269 g/mol. The normalized spacial score (nSPS) is 10.6. The van der Waals surface area contributed by atoms with E-state index in [0.29, 0.717) is 11.3 Å². The number of rotatable bonds is 3. The van der Waals surface area contributed by atoms with E-state index in [-0.39, 0.29) is 17.1 Å². The molecule has 0 saturated heterocycles. The predicted octanol–water partition coefficient (Wildman–Crippen LogP) is 2.73. The van der Waals surface area contributed by atoms with Gasteiger partial charge in [-0.05, 0) is 13.0 Å². The highest BCUT2D eigenvalue weighted by Gasteiger charge is 2.14. The second-order valence-corrected chi connectivity index (χ2v) is 4.23. The zero-order valence-corrected chi connectivity index (χ0v) is 10.3. The first-order chi connectivity index (χ1) is 8.50. The molecule has 2 rings (SSSR count). The van der Waals surface area contributed by atoms with Crippen molar-refractivity contribution in [3.05, 3.63) is 52.1 Å². The van der Waals surface area contributed by atoms with Crippen LogP contribution in [0.25, 0.3) is 0 Å². The van der Waals surface area contributed by atoms with Crippen LogP contribution in [-0.4, -0.2) is 20.9 Å². The Morgan fingerprint density at radius 3 is 2.89 bits per heavy atom. The van der Waals surface area contributed by atoms with Gasteiger partial charge < -0.3 is 5.11 Å². The summed E-state index contributed by atoms with van der Waals surface area (Å²) in [4.78, 5) is 10.9. The maximum absolute atomic E-state index is 13.7. The summed E-state index contributed by atoms with van der Waals surface area (Å²) < 4.78 is 15.1. The van der Waals surface area contributed by atoms with Crippen molar-refractivity contribution in [3.8, 4) is 0 Å². The van der Waals surface area contributed by atoms with Crippen LogP contribution in [0.2, 0.25) is 5.02 Å². The van der Waals surface area contributed by atoms with E-state index in [4.69, 9.17) is 16.7 Å². The molecule has 0 aliphatic heterocycles. The summed E-state index contributed by atoms with van der Waals surface area (Å²) >= 11 is 5.68. The van der Waals surface area contributed by atoms with E-state index in [0.717, 1.165) is 0 Å². The summed E-state index contributed by atoms with van der Waals surface area (Å²) in [7, 11) is 0. The fourth-order valence-corrected chi connectivity index (χ4v) is 1.84. The van der Waals surface area contributed by atoms with Crippen LogP contribution in [0.3, 0.4) is 0 Å². The van der Waals surface area contributed by atoms with E-state index < -0.39 is 11.8 Å². The summed E-state index contributed by atoms with van der Waals surface area (Å²) in [5.74, 6) is -1.56. The summed E-state index contributed by atoms with van der Waals surface area (Å²) in [6, 6.07) is 4.68. The number of hydrogen-bond acceptors (Lipinski definition) is 2. The van der Waals surface area contributed by atoms with Crippen molar-refractivity contribution in [2.24, 2.45) is 0 Å². The Balaban J connectivity index is 2.35. The van der Waals surface area contributed by atoms with Crippen molar-refractivity contribution >= 4 is 17.6 Å². The minimum atomic E-state index is -1.05. The first-order valence-corrected chi connectivity index (χ1v) is 5.57. The molecule has 0 saturated carbocycles. The van der Waals surface area contributed by atoms with Gasteiger partial charge in [-0.2, -0.15) is 5.10 Å². The predicted molar refractivity (Wildman–Crippen MR) is 64.4 cm³/mol. The lowest BCUT2D eigenvalue weighted by molar-refractivity contribution is 0.0696. The Bertz CT molecular complexity index is 610. The SMILES string of the molecule is Cc1c(C(=O)O)cnn1Cc1cccc(Cl)c1F. The van der Waals surface area contributed by atoms with Crippen molar-refractivity contribution in [3.63, 3.8) is 0 Å². The molecule has 6 heteroatoms. The Morgan fingerprint density at radius 2 is 2.28 bits per heavy atom. The third-order valence-electron chi connectivity index (χ3n) is 2.69. The quantitative estimate of drug-likeness (QED) is 0.931. The van der Waals surface area contributed by atoms with Gasteiger partial charge in [0.2, 0.25) is 0 Å². The van der Waals surface area contributed by atoms with Crippen molar-refractivity contribution in [2.75, 3.05) is 0 Å². The van der Waals surface area contributed by atoms with Crippen LogP contribution in [0, 0.1) is 12.7 Å². The monoisotopic (exact) mass is 268 g/mol. The third kappa shape index (κ3) is 2.22. The average Bonchev–Trinajstić information content (AvgIpc) is 2.67. The topological polar surface area (TPSA) is 55.1 Å². The molecule has 1 aromatic heterocycles. The van der Waals surface area contributed by atoms with Crippen molar-refractivity contribution < 1.29 is 14.3 Å². The van der Waals surface area contributed by atoms with E-state index in [1.807, 2.05) is 0 Å². The number of carboxylic acid groups (broad SMARTS) is 1. The molecular weight excluding hydrogens is 259 g/mol. The van der Waals surface area contributed by atoms with Crippen LogP contribution in [0.15, 0.2) is 24.4 Å². The van der Waals surface area contributed by atoms with E-state index in [1.54, 1.807) is 19.1 Å². The van der Waals surface area contributed by atoms with Gasteiger partial charge in [0.25, 0.3) is 0 Å². The van der Waals surface area contributed by atoms with E-state index in [2.05, 4.69) is 5.10 Å². The zero-order chi connectivity index (χ0) is 13.3. The second kappa shape index (κ2) is 4.78. The van der Waals surface area contributed by atoms with Gasteiger partial charge >= 0.3 is 5.97 Å². The summed E-state index contributed by atoms with van der Waals surface area (Å²) in [6.45, 7) is 1.77. The fraction of sp³-hybridized carbons (Fsp3) is 0.167. The summed E-state index contributed by atoms with van der Waals surface area (Å²) in [6.07, 6.45) is 1.25. The second-order valence-electron chi connectivity index (χ2n) is 3.82. The van der Waals surface area contributed by atoms with Gasteiger partial charge in [-0.15, -0.1) is 0 Å². The molecule has 0 aliphatic carbocycles. The smallest absolute Gasteiger partial charge is 0.339 e. The van der Waals surface area contributed by atoms with E-state index in [9.17, 15) is 9.18 Å². The maximum Gasteiger partial charge on any atom is 0.339 e. The largest absolute Gasteiger partial charge is 0.478 e. The Labute approximate surface area is 108 Å². The lowest BCUT2D eigenvalue weighted by Crippen LogP contribution is -2.07. The molecule has 94 valence electrons. The van der Waals surface area contributed by atoms with Crippen LogP contribution in [-0.2, 0) is 6.54 Å². The van der Waals surface area contributed by atoms with Gasteiger partial charge in [-0.1, -0.05) is 23.7 Å². The number of carboxylic acids is 1. The van der Waals surface area contributed by atoms with Crippen LogP contribution in [0.4, 0.5) is 4.39 Å². The molecule has 1 heterocycles. The van der Waals surface area contributed by atoms with Crippen LogP contribution >= 0.6 is 11.6 Å². The minimum Gasteiger partial charge on any atom is -0.478 e. The molecule has 18 heavy (non-hydrogen) atoms. The van der Waals surface area contributed by atoms with Crippen molar-refractivity contribution in [2.45, 2.75) is 13.5 Å². The molecule has 0 bridgehead atoms. The molecular formula is C12H10ClFN2O2. The van der Waals surface area contributed by atoms with Crippen molar-refractivity contribution in [1.82, 2.24) is 9.78 Å². The molecule has 0 radical (unpaired) electrons. The number of benzene rings is 1. The molecule has 0 spiro atoms. The van der Waals surface area contributed by atoms with Gasteiger partial charge in [0.15, 0.2) is 0 Å². The van der Waals surface area contributed by atoms with Gasteiger partial charge in [-0.3, -0.25) is 4.68 Å². The number of hydrogen-bond donors (Lipinski definition) is 1.